The predicted octanol–water partition coefficient (Wildman–Crippen LogP) is 1.17. The van der Waals surface area contributed by atoms with Gasteiger partial charge in [-0.2, -0.15) is 0 Å². The maximum atomic E-state index is 11.4. The molecular weight excluding hydrogens is 222 g/mol. The second kappa shape index (κ2) is 5.81. The molecule has 5 heteroatoms. The van der Waals surface area contributed by atoms with Crippen LogP contribution in [0.4, 0.5) is 0 Å². The molecule has 0 aliphatic heterocycles. The Morgan fingerprint density at radius 1 is 1.35 bits per heavy atom. The first-order chi connectivity index (χ1) is 8.07. The quantitative estimate of drug-likeness (QED) is 0.628. The number of carbonyl (C=O) groups excluding carboxylic acids is 1. The zero-order valence-electron chi connectivity index (χ0n) is 9.42. The van der Waals surface area contributed by atoms with Crippen LogP contribution >= 0.6 is 0 Å². The predicted molar refractivity (Wildman–Crippen MR) is 61.8 cm³/mol. The van der Waals surface area contributed by atoms with E-state index in [4.69, 9.17) is 9.84 Å². The minimum atomic E-state index is -1.54. The molecule has 1 aromatic carbocycles. The van der Waals surface area contributed by atoms with Crippen molar-refractivity contribution in [2.24, 2.45) is 0 Å². The van der Waals surface area contributed by atoms with Gasteiger partial charge in [-0.05, 0) is 5.56 Å². The highest BCUT2D eigenvalue weighted by molar-refractivity contribution is 6.32. The molecule has 1 amide bonds. The van der Waals surface area contributed by atoms with Gasteiger partial charge in [0.05, 0.1) is 0 Å². The molecule has 0 spiro atoms. The molecule has 0 saturated heterocycles. The fourth-order valence-electron chi connectivity index (χ4n) is 1.29. The van der Waals surface area contributed by atoms with Gasteiger partial charge in [0.25, 0.3) is 0 Å². The molecular formula is C12H13NO4. The molecule has 0 aliphatic carbocycles. The number of carboxylic acid groups (broad SMARTS) is 1. The largest absolute Gasteiger partial charge is 0.474 e. The standard InChI is InChI=1S/C12H13NO4/c1-9(10-6-4-3-5-7-10)13(8-17-2)11(14)12(15)16/h3-7H,1,8H2,2H3,(H,15,16). The van der Waals surface area contributed by atoms with Crippen LogP contribution in [0.2, 0.25) is 0 Å². The van der Waals surface area contributed by atoms with E-state index in [2.05, 4.69) is 6.58 Å². The van der Waals surface area contributed by atoms with Crippen LogP contribution < -0.4 is 0 Å². The Morgan fingerprint density at radius 2 is 1.94 bits per heavy atom. The number of carboxylic acids is 1. The van der Waals surface area contributed by atoms with E-state index >= 15 is 0 Å². The van der Waals surface area contributed by atoms with Crippen molar-refractivity contribution < 1.29 is 19.4 Å². The Morgan fingerprint density at radius 3 is 2.41 bits per heavy atom. The number of hydrogen-bond donors (Lipinski definition) is 1. The second-order valence-electron chi connectivity index (χ2n) is 3.27. The zero-order valence-corrected chi connectivity index (χ0v) is 9.42. The Balaban J connectivity index is 2.96. The van der Waals surface area contributed by atoms with Crippen molar-refractivity contribution >= 4 is 17.6 Å². The highest BCUT2D eigenvalue weighted by atomic mass is 16.5. The maximum absolute atomic E-state index is 11.4. The molecule has 0 aromatic heterocycles. The van der Waals surface area contributed by atoms with E-state index in [0.717, 1.165) is 4.90 Å². The number of amides is 1. The Hall–Kier alpha value is -2.14. The molecule has 0 radical (unpaired) electrons. The third-order valence-corrected chi connectivity index (χ3v) is 2.12. The average molecular weight is 235 g/mol. The van der Waals surface area contributed by atoms with Gasteiger partial charge in [-0.3, -0.25) is 9.69 Å². The van der Waals surface area contributed by atoms with Crippen molar-refractivity contribution in [3.8, 4) is 0 Å². The SMILES string of the molecule is C=C(c1ccccc1)N(COC)C(=O)C(=O)O. The van der Waals surface area contributed by atoms with Crippen molar-refractivity contribution in [3.63, 3.8) is 0 Å². The molecule has 0 bridgehead atoms. The zero-order chi connectivity index (χ0) is 12.8. The fraction of sp³-hybridized carbons (Fsp3) is 0.167. The van der Waals surface area contributed by atoms with E-state index in [9.17, 15) is 9.59 Å². The van der Waals surface area contributed by atoms with Crippen LogP contribution in [0.5, 0.6) is 0 Å². The molecule has 0 aliphatic rings. The highest BCUT2D eigenvalue weighted by Crippen LogP contribution is 2.16. The lowest BCUT2D eigenvalue weighted by atomic mass is 10.1. The smallest absolute Gasteiger partial charge is 0.395 e. The number of aliphatic carboxylic acids is 1. The summed E-state index contributed by atoms with van der Waals surface area (Å²) in [6.45, 7) is 3.56. The minimum Gasteiger partial charge on any atom is -0.474 e. The monoisotopic (exact) mass is 235 g/mol. The first-order valence-electron chi connectivity index (χ1n) is 4.86. The van der Waals surface area contributed by atoms with Gasteiger partial charge in [-0.25, -0.2) is 4.79 Å². The summed E-state index contributed by atoms with van der Waals surface area (Å²) in [7, 11) is 1.38. The van der Waals surface area contributed by atoms with E-state index in [0.29, 0.717) is 11.3 Å². The van der Waals surface area contributed by atoms with Crippen LogP contribution in [0.25, 0.3) is 5.70 Å². The summed E-state index contributed by atoms with van der Waals surface area (Å²) in [6, 6.07) is 8.84. The normalized spacial score (nSPS) is 9.71. The molecule has 1 aromatic rings. The van der Waals surface area contributed by atoms with Gasteiger partial charge in [0.2, 0.25) is 0 Å². The molecule has 0 unspecified atom stereocenters. The Labute approximate surface area is 98.9 Å². The molecule has 1 N–H and O–H groups in total. The summed E-state index contributed by atoms with van der Waals surface area (Å²) in [6.07, 6.45) is 0. The minimum absolute atomic E-state index is 0.154. The van der Waals surface area contributed by atoms with Crippen LogP contribution in [0.1, 0.15) is 5.56 Å². The molecule has 1 rings (SSSR count). The lowest BCUT2D eigenvalue weighted by Crippen LogP contribution is -2.36. The topological polar surface area (TPSA) is 66.8 Å². The van der Waals surface area contributed by atoms with Crippen molar-refractivity contribution in [1.29, 1.82) is 0 Å². The maximum Gasteiger partial charge on any atom is 0.395 e. The lowest BCUT2D eigenvalue weighted by Gasteiger charge is -2.21. The van der Waals surface area contributed by atoms with E-state index in [1.54, 1.807) is 24.3 Å². The number of hydrogen-bond acceptors (Lipinski definition) is 3. The third-order valence-electron chi connectivity index (χ3n) is 2.12. The van der Waals surface area contributed by atoms with Gasteiger partial charge in [-0.15, -0.1) is 0 Å². The molecule has 5 nitrogen and oxygen atoms in total. The van der Waals surface area contributed by atoms with Gasteiger partial charge < -0.3 is 9.84 Å². The average Bonchev–Trinajstić information content (AvgIpc) is 2.35. The van der Waals surface area contributed by atoms with Crippen LogP contribution in [0.15, 0.2) is 36.9 Å². The molecule has 0 saturated carbocycles. The summed E-state index contributed by atoms with van der Waals surface area (Å²) >= 11 is 0. The molecule has 90 valence electrons. The van der Waals surface area contributed by atoms with Gasteiger partial charge in [0, 0.05) is 12.8 Å². The highest BCUT2D eigenvalue weighted by Gasteiger charge is 2.23. The van der Waals surface area contributed by atoms with Crippen LogP contribution in [-0.2, 0) is 14.3 Å². The summed E-state index contributed by atoms with van der Waals surface area (Å²) in [5.41, 5.74) is 0.957. The first-order valence-corrected chi connectivity index (χ1v) is 4.86. The molecule has 0 heterocycles. The summed E-state index contributed by atoms with van der Waals surface area (Å²) in [5, 5.41) is 8.69. The number of ether oxygens (including phenoxy) is 1. The lowest BCUT2D eigenvalue weighted by molar-refractivity contribution is -0.155. The summed E-state index contributed by atoms with van der Waals surface area (Å²) < 4.78 is 4.80. The first kappa shape index (κ1) is 12.9. The molecule has 17 heavy (non-hydrogen) atoms. The fourth-order valence-corrected chi connectivity index (χ4v) is 1.29. The Kier molecular flexibility index (Phi) is 4.42. The van der Waals surface area contributed by atoms with E-state index in [1.807, 2.05) is 6.07 Å². The van der Waals surface area contributed by atoms with E-state index in [1.165, 1.54) is 7.11 Å². The van der Waals surface area contributed by atoms with Crippen molar-refractivity contribution in [1.82, 2.24) is 4.90 Å². The van der Waals surface area contributed by atoms with Gasteiger partial charge >= 0.3 is 11.9 Å². The number of rotatable bonds is 4. The van der Waals surface area contributed by atoms with E-state index < -0.39 is 11.9 Å². The van der Waals surface area contributed by atoms with Gasteiger partial charge in [-0.1, -0.05) is 36.9 Å². The molecule has 0 atom stereocenters. The number of benzene rings is 1. The van der Waals surface area contributed by atoms with Crippen LogP contribution in [0, 0.1) is 0 Å². The Bertz CT molecular complexity index is 427. The summed E-state index contributed by atoms with van der Waals surface area (Å²) in [5.74, 6) is -2.61. The number of carbonyl (C=O) groups is 2. The number of methoxy groups -OCH3 is 1. The molecule has 0 fully saturated rings. The van der Waals surface area contributed by atoms with Gasteiger partial charge in [0.1, 0.15) is 6.73 Å². The van der Waals surface area contributed by atoms with Crippen LogP contribution in [-0.4, -0.2) is 35.7 Å². The van der Waals surface area contributed by atoms with Crippen molar-refractivity contribution in [2.75, 3.05) is 13.8 Å². The van der Waals surface area contributed by atoms with Crippen LogP contribution in [0.3, 0.4) is 0 Å². The van der Waals surface area contributed by atoms with Crippen molar-refractivity contribution in [3.05, 3.63) is 42.5 Å². The second-order valence-corrected chi connectivity index (χ2v) is 3.27. The third kappa shape index (κ3) is 3.15. The van der Waals surface area contributed by atoms with Gasteiger partial charge in [0.15, 0.2) is 0 Å². The van der Waals surface area contributed by atoms with E-state index in [-0.39, 0.29) is 6.73 Å². The number of nitrogens with zero attached hydrogens (tertiary/aromatic N) is 1. The summed E-state index contributed by atoms with van der Waals surface area (Å²) in [4.78, 5) is 23.1. The van der Waals surface area contributed by atoms with Crippen molar-refractivity contribution in [2.45, 2.75) is 0 Å².